The number of hydrogen-bond acceptors (Lipinski definition) is 1. The molecule has 0 amide bonds. The summed E-state index contributed by atoms with van der Waals surface area (Å²) in [5, 5.41) is 3.88. The van der Waals surface area contributed by atoms with Crippen LogP contribution in [0.5, 0.6) is 0 Å². The van der Waals surface area contributed by atoms with Crippen LogP contribution < -0.4 is 5.32 Å². The first-order valence-electron chi connectivity index (χ1n) is 5.44. The maximum absolute atomic E-state index is 12.9. The van der Waals surface area contributed by atoms with Crippen molar-refractivity contribution in [1.82, 2.24) is 5.32 Å². The van der Waals surface area contributed by atoms with E-state index in [1.54, 1.807) is 6.07 Å². The van der Waals surface area contributed by atoms with Crippen LogP contribution in [0.15, 0.2) is 24.3 Å². The summed E-state index contributed by atoms with van der Waals surface area (Å²) in [6, 6.07) is 4.86. The quantitative estimate of drug-likeness (QED) is 0.772. The van der Waals surface area contributed by atoms with Gasteiger partial charge < -0.3 is 5.32 Å². The third-order valence-electron chi connectivity index (χ3n) is 2.12. The van der Waals surface area contributed by atoms with Crippen LogP contribution in [-0.4, -0.2) is 12.6 Å². The molecule has 0 saturated heterocycles. The van der Waals surface area contributed by atoms with Gasteiger partial charge in [-0.1, -0.05) is 37.6 Å². The summed E-state index contributed by atoms with van der Waals surface area (Å²) >= 11 is 5.93. The van der Waals surface area contributed by atoms with E-state index in [9.17, 15) is 4.39 Å². The standard InChI is InChI=1S/C13H17ClFN/c1-10(2)16-8-4-3-5-11-9-12(15)6-7-13(11)14/h3,5-7,9-10,16H,4,8H2,1-2H3/b5-3+. The molecule has 0 bridgehead atoms. The smallest absolute Gasteiger partial charge is 0.123 e. The van der Waals surface area contributed by atoms with Crippen LogP contribution in [0.2, 0.25) is 5.02 Å². The highest BCUT2D eigenvalue weighted by Gasteiger charge is 1.97. The Morgan fingerprint density at radius 2 is 2.19 bits per heavy atom. The Morgan fingerprint density at radius 3 is 2.88 bits per heavy atom. The molecule has 0 atom stereocenters. The lowest BCUT2D eigenvalue weighted by atomic mass is 10.2. The Hall–Kier alpha value is -0.860. The maximum Gasteiger partial charge on any atom is 0.123 e. The second-order valence-corrected chi connectivity index (χ2v) is 4.37. The highest BCUT2D eigenvalue weighted by atomic mass is 35.5. The van der Waals surface area contributed by atoms with Crippen molar-refractivity contribution < 1.29 is 4.39 Å². The van der Waals surface area contributed by atoms with Gasteiger partial charge >= 0.3 is 0 Å². The van der Waals surface area contributed by atoms with Gasteiger partial charge in [-0.25, -0.2) is 4.39 Å². The molecule has 0 radical (unpaired) electrons. The number of benzene rings is 1. The van der Waals surface area contributed by atoms with Crippen LogP contribution in [0.4, 0.5) is 4.39 Å². The SMILES string of the molecule is CC(C)NCC/C=C/c1cc(F)ccc1Cl. The summed E-state index contributed by atoms with van der Waals surface area (Å²) in [4.78, 5) is 0. The molecule has 0 aliphatic rings. The van der Waals surface area contributed by atoms with Crippen LogP contribution in [0, 0.1) is 5.82 Å². The third-order valence-corrected chi connectivity index (χ3v) is 2.46. The second-order valence-electron chi connectivity index (χ2n) is 3.97. The Labute approximate surface area is 101 Å². The minimum atomic E-state index is -0.260. The summed E-state index contributed by atoms with van der Waals surface area (Å²) in [5.41, 5.74) is 0.728. The van der Waals surface area contributed by atoms with Crippen LogP contribution in [0.3, 0.4) is 0 Å². The van der Waals surface area contributed by atoms with E-state index in [1.165, 1.54) is 12.1 Å². The molecule has 3 heteroatoms. The first kappa shape index (κ1) is 13.2. The molecule has 0 saturated carbocycles. The molecule has 16 heavy (non-hydrogen) atoms. The van der Waals surface area contributed by atoms with E-state index in [4.69, 9.17) is 11.6 Å². The molecular weight excluding hydrogens is 225 g/mol. The zero-order chi connectivity index (χ0) is 12.0. The van der Waals surface area contributed by atoms with Gasteiger partial charge in [0.2, 0.25) is 0 Å². The lowest BCUT2D eigenvalue weighted by Crippen LogP contribution is -2.23. The van der Waals surface area contributed by atoms with Crippen LogP contribution in [0.1, 0.15) is 25.8 Å². The van der Waals surface area contributed by atoms with Gasteiger partial charge in [0, 0.05) is 11.1 Å². The highest BCUT2D eigenvalue weighted by molar-refractivity contribution is 6.32. The fraction of sp³-hybridized carbons (Fsp3) is 0.385. The molecule has 0 heterocycles. The van der Waals surface area contributed by atoms with Crippen molar-refractivity contribution >= 4 is 17.7 Å². The van der Waals surface area contributed by atoms with Crippen molar-refractivity contribution in [3.63, 3.8) is 0 Å². The number of nitrogens with one attached hydrogen (secondary N) is 1. The third kappa shape index (κ3) is 4.77. The Morgan fingerprint density at radius 1 is 1.44 bits per heavy atom. The van der Waals surface area contributed by atoms with Crippen molar-refractivity contribution in [2.45, 2.75) is 26.3 Å². The molecular formula is C13H17ClFN. The molecule has 1 nitrogen and oxygen atoms in total. The van der Waals surface area contributed by atoms with E-state index >= 15 is 0 Å². The monoisotopic (exact) mass is 241 g/mol. The highest BCUT2D eigenvalue weighted by Crippen LogP contribution is 2.18. The van der Waals surface area contributed by atoms with Gasteiger partial charge in [0.25, 0.3) is 0 Å². The normalized spacial score (nSPS) is 11.6. The minimum absolute atomic E-state index is 0.260. The van der Waals surface area contributed by atoms with Crippen molar-refractivity contribution in [3.05, 3.63) is 40.7 Å². The summed E-state index contributed by atoms with van der Waals surface area (Å²) < 4.78 is 12.9. The predicted octanol–water partition coefficient (Wildman–Crippen LogP) is 3.88. The van der Waals surface area contributed by atoms with Gasteiger partial charge in [0.1, 0.15) is 5.82 Å². The topological polar surface area (TPSA) is 12.0 Å². The van der Waals surface area contributed by atoms with Crippen molar-refractivity contribution in [2.75, 3.05) is 6.54 Å². The van der Waals surface area contributed by atoms with Crippen molar-refractivity contribution in [2.24, 2.45) is 0 Å². The van der Waals surface area contributed by atoms with Gasteiger partial charge in [0.05, 0.1) is 0 Å². The van der Waals surface area contributed by atoms with E-state index in [0.29, 0.717) is 11.1 Å². The lowest BCUT2D eigenvalue weighted by Gasteiger charge is -2.05. The van der Waals surface area contributed by atoms with Crippen LogP contribution >= 0.6 is 11.6 Å². The molecule has 0 spiro atoms. The predicted molar refractivity (Wildman–Crippen MR) is 68.2 cm³/mol. The van der Waals surface area contributed by atoms with Crippen LogP contribution in [0.25, 0.3) is 6.08 Å². The molecule has 88 valence electrons. The summed E-state index contributed by atoms with van der Waals surface area (Å²) in [5.74, 6) is -0.260. The lowest BCUT2D eigenvalue weighted by molar-refractivity contribution is 0.595. The second kappa shape index (κ2) is 6.66. The fourth-order valence-electron chi connectivity index (χ4n) is 1.31. The van der Waals surface area contributed by atoms with E-state index in [0.717, 1.165) is 18.5 Å². The fourth-order valence-corrected chi connectivity index (χ4v) is 1.49. The number of rotatable bonds is 5. The number of halogens is 2. The molecule has 1 N–H and O–H groups in total. The first-order valence-corrected chi connectivity index (χ1v) is 5.82. The summed E-state index contributed by atoms with van der Waals surface area (Å²) in [7, 11) is 0. The average Bonchev–Trinajstić information content (AvgIpc) is 2.22. The molecule has 0 aliphatic carbocycles. The Balaban J connectivity index is 2.46. The van der Waals surface area contributed by atoms with Crippen molar-refractivity contribution in [3.8, 4) is 0 Å². The van der Waals surface area contributed by atoms with Crippen LogP contribution in [-0.2, 0) is 0 Å². The summed E-state index contributed by atoms with van der Waals surface area (Å²) in [6.07, 6.45) is 4.76. The molecule has 1 rings (SSSR count). The molecule has 0 unspecified atom stereocenters. The van der Waals surface area contributed by atoms with E-state index in [1.807, 2.05) is 12.2 Å². The van der Waals surface area contributed by atoms with Gasteiger partial charge in [-0.15, -0.1) is 0 Å². The van der Waals surface area contributed by atoms with E-state index < -0.39 is 0 Å². The first-order chi connectivity index (χ1) is 7.59. The van der Waals surface area contributed by atoms with Gasteiger partial charge in [-0.2, -0.15) is 0 Å². The molecule has 1 aromatic rings. The maximum atomic E-state index is 12.9. The molecule has 0 aromatic heterocycles. The van der Waals surface area contributed by atoms with Gasteiger partial charge in [-0.05, 0) is 36.7 Å². The molecule has 0 aliphatic heterocycles. The molecule has 1 aromatic carbocycles. The van der Waals surface area contributed by atoms with E-state index in [2.05, 4.69) is 19.2 Å². The Bertz CT molecular complexity index is 361. The largest absolute Gasteiger partial charge is 0.314 e. The number of hydrogen-bond donors (Lipinski definition) is 1. The van der Waals surface area contributed by atoms with Crippen molar-refractivity contribution in [1.29, 1.82) is 0 Å². The van der Waals surface area contributed by atoms with Gasteiger partial charge in [-0.3, -0.25) is 0 Å². The van der Waals surface area contributed by atoms with Gasteiger partial charge in [0.15, 0.2) is 0 Å². The summed E-state index contributed by atoms with van der Waals surface area (Å²) in [6.45, 7) is 5.13. The molecule has 0 fully saturated rings. The minimum Gasteiger partial charge on any atom is -0.314 e. The Kier molecular flexibility index (Phi) is 5.50. The zero-order valence-corrected chi connectivity index (χ0v) is 10.4. The zero-order valence-electron chi connectivity index (χ0n) is 9.63. The average molecular weight is 242 g/mol. The van der Waals surface area contributed by atoms with E-state index in [-0.39, 0.29) is 5.82 Å².